The first-order valence-corrected chi connectivity index (χ1v) is 4.68. The molecule has 72 valence electrons. The second-order valence-electron chi connectivity index (χ2n) is 2.19. The van der Waals surface area contributed by atoms with E-state index >= 15 is 0 Å². The fourth-order valence-corrected chi connectivity index (χ4v) is 0.878. The van der Waals surface area contributed by atoms with E-state index in [1.54, 1.807) is 0 Å². The number of carboxylic acids is 1. The molecule has 0 fully saturated rings. The van der Waals surface area contributed by atoms with Crippen LogP contribution in [0.1, 0.15) is 0 Å². The Labute approximate surface area is 95.8 Å². The molecule has 0 spiro atoms. The fraction of sp³-hybridized carbons (Fsp3) is 0. The first-order chi connectivity index (χ1) is 6.57. The topological polar surface area (TPSA) is 61.1 Å². The number of halogens is 1. The summed E-state index contributed by atoms with van der Waals surface area (Å²) in [5, 5.41) is 15.6. The molecule has 0 saturated heterocycles. The summed E-state index contributed by atoms with van der Waals surface area (Å²) in [7, 11) is 0. The molecule has 0 aliphatic carbocycles. The minimum absolute atomic E-state index is 0.431. The molecule has 0 bridgehead atoms. The van der Waals surface area contributed by atoms with Gasteiger partial charge in [-0.3, -0.25) is 0 Å². The van der Waals surface area contributed by atoms with E-state index in [0.717, 1.165) is 0 Å². The Bertz CT molecular complexity index is 354. The maximum atomic E-state index is 9.61. The predicted octanol–water partition coefficient (Wildman–Crippen LogP) is 2.44. The van der Waals surface area contributed by atoms with Gasteiger partial charge in [-0.1, -0.05) is 24.8 Å². The number of carbonyl (C=O) groups is 1. The van der Waals surface area contributed by atoms with Gasteiger partial charge in [-0.2, -0.15) is 5.26 Å². The molecule has 0 saturated carbocycles. The zero-order valence-electron chi connectivity index (χ0n) is 7.27. The van der Waals surface area contributed by atoms with Crippen LogP contribution in [0.4, 0.5) is 0 Å². The smallest absolute Gasteiger partial charge is 0.345 e. The highest BCUT2D eigenvalue weighted by atomic mass is 127. The molecule has 0 unspecified atom stereocenters. The SMILES string of the molecule is C=C(C#N)C(=O)O.Ic1ccccc1. The van der Waals surface area contributed by atoms with E-state index in [2.05, 4.69) is 41.3 Å². The fourth-order valence-electron chi connectivity index (χ4n) is 0.462. The van der Waals surface area contributed by atoms with Gasteiger partial charge < -0.3 is 5.11 Å². The maximum Gasteiger partial charge on any atom is 0.345 e. The van der Waals surface area contributed by atoms with Gasteiger partial charge in [-0.15, -0.1) is 0 Å². The third-order valence-corrected chi connectivity index (χ3v) is 1.85. The zero-order chi connectivity index (χ0) is 11.0. The van der Waals surface area contributed by atoms with Gasteiger partial charge in [0.05, 0.1) is 0 Å². The van der Waals surface area contributed by atoms with Crippen LogP contribution in [0.25, 0.3) is 0 Å². The van der Waals surface area contributed by atoms with Crippen LogP contribution < -0.4 is 0 Å². The molecule has 14 heavy (non-hydrogen) atoms. The number of benzene rings is 1. The number of hydrogen-bond acceptors (Lipinski definition) is 2. The number of rotatable bonds is 1. The predicted molar refractivity (Wildman–Crippen MR) is 61.5 cm³/mol. The average Bonchev–Trinajstić information content (AvgIpc) is 2.18. The molecule has 1 aromatic carbocycles. The minimum atomic E-state index is -1.26. The lowest BCUT2D eigenvalue weighted by Crippen LogP contribution is -1.94. The van der Waals surface area contributed by atoms with Gasteiger partial charge in [0.2, 0.25) is 0 Å². The summed E-state index contributed by atoms with van der Waals surface area (Å²) in [5.41, 5.74) is -0.431. The van der Waals surface area contributed by atoms with Crippen LogP contribution in [-0.2, 0) is 4.79 Å². The average molecular weight is 301 g/mol. The Balaban J connectivity index is 0.000000241. The van der Waals surface area contributed by atoms with Crippen molar-refractivity contribution in [3.8, 4) is 6.07 Å². The lowest BCUT2D eigenvalue weighted by Gasteiger charge is -1.80. The molecule has 0 radical (unpaired) electrons. The van der Waals surface area contributed by atoms with Crippen LogP contribution >= 0.6 is 22.6 Å². The summed E-state index contributed by atoms with van der Waals surface area (Å²) < 4.78 is 1.29. The molecule has 0 atom stereocenters. The van der Waals surface area contributed by atoms with Crippen LogP contribution in [0.5, 0.6) is 0 Å². The van der Waals surface area contributed by atoms with Crippen molar-refractivity contribution in [2.24, 2.45) is 0 Å². The summed E-state index contributed by atoms with van der Waals surface area (Å²) in [6.07, 6.45) is 0. The Morgan fingerprint density at radius 2 is 1.93 bits per heavy atom. The van der Waals surface area contributed by atoms with Crippen LogP contribution in [-0.4, -0.2) is 11.1 Å². The van der Waals surface area contributed by atoms with Crippen molar-refractivity contribution >= 4 is 28.6 Å². The summed E-state index contributed by atoms with van der Waals surface area (Å²) in [4.78, 5) is 9.61. The van der Waals surface area contributed by atoms with Crippen LogP contribution in [0.3, 0.4) is 0 Å². The van der Waals surface area contributed by atoms with Gasteiger partial charge in [0, 0.05) is 3.57 Å². The number of hydrogen-bond donors (Lipinski definition) is 1. The highest BCUT2D eigenvalue weighted by Gasteiger charge is 1.97. The minimum Gasteiger partial charge on any atom is -0.477 e. The Morgan fingerprint density at radius 1 is 1.43 bits per heavy atom. The molecule has 1 N–H and O–H groups in total. The van der Waals surface area contributed by atoms with Crippen molar-refractivity contribution in [3.05, 3.63) is 46.1 Å². The second-order valence-corrected chi connectivity index (χ2v) is 3.44. The molecule has 1 aromatic rings. The van der Waals surface area contributed by atoms with Gasteiger partial charge in [0.25, 0.3) is 0 Å². The van der Waals surface area contributed by atoms with Crippen molar-refractivity contribution in [1.82, 2.24) is 0 Å². The highest BCUT2D eigenvalue weighted by molar-refractivity contribution is 14.1. The maximum absolute atomic E-state index is 9.61. The first-order valence-electron chi connectivity index (χ1n) is 3.60. The number of carboxylic acid groups (broad SMARTS) is 1. The van der Waals surface area contributed by atoms with E-state index in [1.807, 2.05) is 18.2 Å². The highest BCUT2D eigenvalue weighted by Crippen LogP contribution is 1.99. The molecule has 0 aliphatic heterocycles. The molecule has 0 aliphatic rings. The van der Waals surface area contributed by atoms with Gasteiger partial charge in [-0.05, 0) is 34.7 Å². The van der Waals surface area contributed by atoms with Gasteiger partial charge in [0.1, 0.15) is 11.6 Å². The van der Waals surface area contributed by atoms with Crippen molar-refractivity contribution in [2.45, 2.75) is 0 Å². The van der Waals surface area contributed by atoms with Gasteiger partial charge in [0.15, 0.2) is 0 Å². The summed E-state index contributed by atoms with van der Waals surface area (Å²) >= 11 is 2.28. The Hall–Kier alpha value is -1.35. The third kappa shape index (κ3) is 6.20. The van der Waals surface area contributed by atoms with Crippen molar-refractivity contribution in [3.63, 3.8) is 0 Å². The van der Waals surface area contributed by atoms with Crippen LogP contribution in [0.2, 0.25) is 0 Å². The molecule has 1 rings (SSSR count). The Morgan fingerprint density at radius 3 is 2.07 bits per heavy atom. The number of nitrogens with zero attached hydrogens (tertiary/aromatic N) is 1. The molecular formula is C10H8INO2. The third-order valence-electron chi connectivity index (χ3n) is 1.13. The quantitative estimate of drug-likeness (QED) is 0.492. The summed E-state index contributed by atoms with van der Waals surface area (Å²) in [6, 6.07) is 11.6. The standard InChI is InChI=1S/C6H5I.C4H3NO2/c7-6-4-2-1-3-5-6;1-3(2-5)4(6)7/h1-5H;1H2,(H,6,7). The normalized spacial score (nSPS) is 7.71. The molecular weight excluding hydrogens is 293 g/mol. The largest absolute Gasteiger partial charge is 0.477 e. The van der Waals surface area contributed by atoms with E-state index in [4.69, 9.17) is 10.4 Å². The van der Waals surface area contributed by atoms with Crippen LogP contribution in [0.15, 0.2) is 42.5 Å². The monoisotopic (exact) mass is 301 g/mol. The van der Waals surface area contributed by atoms with Crippen molar-refractivity contribution in [1.29, 1.82) is 5.26 Å². The van der Waals surface area contributed by atoms with Gasteiger partial charge >= 0.3 is 5.97 Å². The van der Waals surface area contributed by atoms with Gasteiger partial charge in [-0.25, -0.2) is 4.79 Å². The summed E-state index contributed by atoms with van der Waals surface area (Å²) in [6.45, 7) is 2.91. The van der Waals surface area contributed by atoms with Crippen molar-refractivity contribution in [2.75, 3.05) is 0 Å². The Kier molecular flexibility index (Phi) is 6.41. The molecule has 0 heterocycles. The summed E-state index contributed by atoms with van der Waals surface area (Å²) in [5.74, 6) is -1.26. The molecule has 0 amide bonds. The molecule has 4 heteroatoms. The first kappa shape index (κ1) is 12.7. The lowest BCUT2D eigenvalue weighted by atomic mass is 10.4. The van der Waals surface area contributed by atoms with Crippen LogP contribution in [0, 0.1) is 14.9 Å². The number of nitriles is 1. The molecule has 3 nitrogen and oxygen atoms in total. The number of aliphatic carboxylic acids is 1. The second kappa shape index (κ2) is 7.09. The lowest BCUT2D eigenvalue weighted by molar-refractivity contribution is -0.132. The zero-order valence-corrected chi connectivity index (χ0v) is 9.43. The van der Waals surface area contributed by atoms with E-state index < -0.39 is 11.5 Å². The molecule has 0 aromatic heterocycles. The van der Waals surface area contributed by atoms with Crippen molar-refractivity contribution < 1.29 is 9.90 Å². The van der Waals surface area contributed by atoms with E-state index in [-0.39, 0.29) is 0 Å². The van der Waals surface area contributed by atoms with E-state index in [0.29, 0.717) is 0 Å². The van der Waals surface area contributed by atoms with E-state index in [1.165, 1.54) is 9.64 Å². The van der Waals surface area contributed by atoms with E-state index in [9.17, 15) is 4.79 Å².